The van der Waals surface area contributed by atoms with Crippen molar-refractivity contribution in [3.8, 4) is 34.7 Å². The molecular weight excluding hydrogens is 595 g/mol. The minimum atomic E-state index is -4.59. The number of rotatable bonds is 4. The maximum Gasteiger partial charge on any atom is 0.416 e. The normalized spacial score (nSPS) is 15.1. The molecule has 2 aromatic heterocycles. The number of amides is 2. The van der Waals surface area contributed by atoms with Crippen molar-refractivity contribution in [1.82, 2.24) is 19.9 Å². The maximum absolute atomic E-state index is 13.7. The number of carbonyl (C=O) groups is 2. The van der Waals surface area contributed by atoms with E-state index in [1.54, 1.807) is 32.9 Å². The smallest absolute Gasteiger partial charge is 0.416 e. The van der Waals surface area contributed by atoms with Crippen molar-refractivity contribution >= 4 is 38.7 Å². The Morgan fingerprint density at radius 3 is 2.64 bits per heavy atom. The molecule has 0 aliphatic carbocycles. The number of hydrogen-bond donors (Lipinski definition) is 1. The van der Waals surface area contributed by atoms with E-state index in [9.17, 15) is 22.8 Å². The Kier molecular flexibility index (Phi) is 8.47. The lowest BCUT2D eigenvalue weighted by Gasteiger charge is -2.26. The van der Waals surface area contributed by atoms with Gasteiger partial charge in [-0.25, -0.2) is 19.7 Å². The van der Waals surface area contributed by atoms with Crippen LogP contribution in [0.2, 0.25) is 0 Å². The summed E-state index contributed by atoms with van der Waals surface area (Å²) >= 11 is 1.28. The van der Waals surface area contributed by atoms with Gasteiger partial charge in [0.2, 0.25) is 11.8 Å². The molecule has 0 saturated carbocycles. The number of nitrogens with zero attached hydrogens (tertiary/aromatic N) is 4. The van der Waals surface area contributed by atoms with Crippen molar-refractivity contribution < 1.29 is 32.2 Å². The summed E-state index contributed by atoms with van der Waals surface area (Å²) in [6.45, 7) is 7.11. The van der Waals surface area contributed by atoms with Crippen LogP contribution in [0.5, 0.6) is 11.6 Å². The first-order chi connectivity index (χ1) is 20.8. The summed E-state index contributed by atoms with van der Waals surface area (Å²) in [4.78, 5) is 38.6. The number of thiazole rings is 1. The second-order valence-electron chi connectivity index (χ2n) is 11.0. The number of likely N-dealkylation sites (tertiary alicyclic amines) is 1. The van der Waals surface area contributed by atoms with Gasteiger partial charge < -0.3 is 14.8 Å². The number of carbonyl (C=O) groups excluding carboxylic acids is 2. The number of anilines is 1. The molecule has 228 valence electrons. The lowest BCUT2D eigenvalue weighted by molar-refractivity contribution is -0.137. The summed E-state index contributed by atoms with van der Waals surface area (Å²) in [5.41, 5.74) is -0.350. The zero-order valence-corrected chi connectivity index (χ0v) is 25.1. The SMILES string of the molecule is CC(=O)Nc1nc2c(Oc3cc(-c4ccc(C(F)(F)F)cc4C#C[C@@H]4CCCN4C(=O)OC(C)(C)C)ncn3)cccc2s1. The predicted octanol–water partition coefficient (Wildman–Crippen LogP) is 7.27. The first-order valence-corrected chi connectivity index (χ1v) is 14.5. The molecule has 2 amide bonds. The number of benzene rings is 2. The van der Waals surface area contributed by atoms with E-state index in [0.29, 0.717) is 41.3 Å². The van der Waals surface area contributed by atoms with Crippen LogP contribution in [0.3, 0.4) is 0 Å². The van der Waals surface area contributed by atoms with Crippen molar-refractivity contribution in [3.63, 3.8) is 0 Å². The van der Waals surface area contributed by atoms with Gasteiger partial charge in [-0.05, 0) is 57.9 Å². The molecule has 2 aromatic carbocycles. The van der Waals surface area contributed by atoms with Crippen LogP contribution < -0.4 is 10.1 Å². The highest BCUT2D eigenvalue weighted by atomic mass is 32.1. The molecular formula is C31H28F3N5O4S. The number of fused-ring (bicyclic) bond motifs is 1. The molecule has 0 bridgehead atoms. The molecule has 4 aromatic rings. The van der Waals surface area contributed by atoms with Gasteiger partial charge in [0, 0.05) is 30.7 Å². The molecule has 13 heteroatoms. The highest BCUT2D eigenvalue weighted by Gasteiger charge is 2.32. The third-order valence-electron chi connectivity index (χ3n) is 6.40. The van der Waals surface area contributed by atoms with Crippen LogP contribution in [0, 0.1) is 11.8 Å². The number of nitrogens with one attached hydrogen (secondary N) is 1. The number of hydrogen-bond acceptors (Lipinski definition) is 8. The summed E-state index contributed by atoms with van der Waals surface area (Å²) in [5.74, 6) is 6.11. The Hall–Kier alpha value is -4.70. The summed E-state index contributed by atoms with van der Waals surface area (Å²) in [7, 11) is 0. The average molecular weight is 624 g/mol. The van der Waals surface area contributed by atoms with Gasteiger partial charge in [-0.1, -0.05) is 35.3 Å². The maximum atomic E-state index is 13.7. The molecule has 1 N–H and O–H groups in total. The van der Waals surface area contributed by atoms with Gasteiger partial charge in [0.25, 0.3) is 0 Å². The largest absolute Gasteiger partial charge is 0.444 e. The van der Waals surface area contributed by atoms with Crippen LogP contribution in [0.1, 0.15) is 51.7 Å². The number of ether oxygens (including phenoxy) is 2. The summed E-state index contributed by atoms with van der Waals surface area (Å²) in [5, 5.41) is 3.06. The molecule has 0 radical (unpaired) electrons. The van der Waals surface area contributed by atoms with E-state index in [1.807, 2.05) is 6.07 Å². The Morgan fingerprint density at radius 2 is 1.91 bits per heavy atom. The second kappa shape index (κ2) is 12.1. The first-order valence-electron chi connectivity index (χ1n) is 13.7. The number of para-hydroxylation sites is 1. The zero-order chi connectivity index (χ0) is 31.6. The van der Waals surface area contributed by atoms with Gasteiger partial charge in [0.15, 0.2) is 10.9 Å². The minimum Gasteiger partial charge on any atom is -0.444 e. The van der Waals surface area contributed by atoms with Crippen LogP contribution in [0.4, 0.5) is 23.1 Å². The van der Waals surface area contributed by atoms with Gasteiger partial charge in [-0.15, -0.1) is 0 Å². The molecule has 1 fully saturated rings. The predicted molar refractivity (Wildman–Crippen MR) is 159 cm³/mol. The molecule has 1 atom stereocenters. The second-order valence-corrected chi connectivity index (χ2v) is 12.0. The van der Waals surface area contributed by atoms with Gasteiger partial charge in [0.1, 0.15) is 17.4 Å². The third kappa shape index (κ3) is 7.26. The molecule has 5 rings (SSSR count). The van der Waals surface area contributed by atoms with Gasteiger partial charge in [-0.3, -0.25) is 9.69 Å². The molecule has 1 saturated heterocycles. The number of alkyl halides is 3. The molecule has 0 spiro atoms. The summed E-state index contributed by atoms with van der Waals surface area (Å²) in [6, 6.07) is 9.51. The Bertz CT molecular complexity index is 1790. The van der Waals surface area contributed by atoms with Gasteiger partial charge in [-0.2, -0.15) is 13.2 Å². The zero-order valence-electron chi connectivity index (χ0n) is 24.3. The van der Waals surface area contributed by atoms with E-state index in [4.69, 9.17) is 9.47 Å². The average Bonchev–Trinajstić information content (AvgIpc) is 3.57. The van der Waals surface area contributed by atoms with Crippen LogP contribution in [-0.4, -0.2) is 50.0 Å². The fraction of sp³-hybridized carbons (Fsp3) is 0.323. The number of aromatic nitrogens is 3. The fourth-order valence-electron chi connectivity index (χ4n) is 4.53. The Morgan fingerprint density at radius 1 is 1.11 bits per heavy atom. The Balaban J connectivity index is 1.48. The molecule has 1 aliphatic heterocycles. The third-order valence-corrected chi connectivity index (χ3v) is 7.33. The molecule has 3 heterocycles. The first kappa shape index (κ1) is 30.7. The Labute approximate surface area is 255 Å². The van der Waals surface area contributed by atoms with Crippen LogP contribution in [0.25, 0.3) is 21.5 Å². The van der Waals surface area contributed by atoms with Crippen LogP contribution in [-0.2, 0) is 15.7 Å². The lowest BCUT2D eigenvalue weighted by Crippen LogP contribution is -2.39. The van der Waals surface area contributed by atoms with Crippen molar-refractivity contribution in [3.05, 3.63) is 59.9 Å². The van der Waals surface area contributed by atoms with Crippen LogP contribution in [0.15, 0.2) is 48.8 Å². The quantitative estimate of drug-likeness (QED) is 0.238. The monoisotopic (exact) mass is 623 g/mol. The topological polar surface area (TPSA) is 107 Å². The van der Waals surface area contributed by atoms with Crippen molar-refractivity contribution in [1.29, 1.82) is 0 Å². The minimum absolute atomic E-state index is 0.0852. The van der Waals surface area contributed by atoms with Crippen molar-refractivity contribution in [2.75, 3.05) is 11.9 Å². The molecule has 44 heavy (non-hydrogen) atoms. The fourth-order valence-corrected chi connectivity index (χ4v) is 5.46. The van der Waals surface area contributed by atoms with E-state index < -0.39 is 29.5 Å². The molecule has 1 aliphatic rings. The summed E-state index contributed by atoms with van der Waals surface area (Å²) in [6.07, 6.45) is -2.61. The van der Waals surface area contributed by atoms with E-state index in [-0.39, 0.29) is 23.0 Å². The van der Waals surface area contributed by atoms with Crippen LogP contribution >= 0.6 is 11.3 Å². The lowest BCUT2D eigenvalue weighted by atomic mass is 10.0. The highest BCUT2D eigenvalue weighted by Crippen LogP contribution is 2.36. The van der Waals surface area contributed by atoms with E-state index in [2.05, 4.69) is 32.1 Å². The number of halogens is 3. The summed E-state index contributed by atoms with van der Waals surface area (Å²) < 4.78 is 53.3. The highest BCUT2D eigenvalue weighted by molar-refractivity contribution is 7.22. The van der Waals surface area contributed by atoms with E-state index >= 15 is 0 Å². The molecule has 9 nitrogen and oxygen atoms in total. The van der Waals surface area contributed by atoms with Crippen molar-refractivity contribution in [2.45, 2.75) is 58.4 Å². The van der Waals surface area contributed by atoms with Gasteiger partial charge in [0.05, 0.1) is 22.0 Å². The molecule has 0 unspecified atom stereocenters. The van der Waals surface area contributed by atoms with E-state index in [0.717, 1.165) is 16.8 Å². The standard InChI is InChI=1S/C31H28F3N5O4S/c1-18(40)37-28-38-27-24(8-5-9-25(27)44-28)42-26-16-23(35-17-36-26)22-13-11-20(31(32,33)34)15-19(22)10-12-21-7-6-14-39(21)29(41)43-30(2,3)4/h5,8-9,11,13,15-17,21H,6-7,14H2,1-4H3,(H,37,38,40)/t21-/m0/s1. The van der Waals surface area contributed by atoms with Crippen molar-refractivity contribution in [2.24, 2.45) is 0 Å². The van der Waals surface area contributed by atoms with E-state index in [1.165, 1.54) is 41.6 Å². The van der Waals surface area contributed by atoms with Gasteiger partial charge >= 0.3 is 12.3 Å².